The molecule has 4 nitrogen and oxygen atoms in total. The summed E-state index contributed by atoms with van der Waals surface area (Å²) in [6.45, 7) is 1.18. The third-order valence-electron chi connectivity index (χ3n) is 4.82. The summed E-state index contributed by atoms with van der Waals surface area (Å²) < 4.78 is 50.0. The molecule has 26 heavy (non-hydrogen) atoms. The standard InChI is InChI=1S/C18H21ClF3NO3/c19-14-4-1-11(9-13(14)18(20,21)22)2-6-17(24)23-12-3-5-15-16(10-12)26-8-7-25-15/h1,4,9,12,15-16H,2-3,5-8,10H2,(H,23,24)/t12-,15-,16-/m1/s1. The third kappa shape index (κ3) is 4.90. The summed E-state index contributed by atoms with van der Waals surface area (Å²) in [7, 11) is 0. The first-order chi connectivity index (χ1) is 12.3. The van der Waals surface area contributed by atoms with Crippen molar-refractivity contribution >= 4 is 17.5 Å². The molecule has 8 heteroatoms. The van der Waals surface area contributed by atoms with E-state index in [0.29, 0.717) is 25.2 Å². The van der Waals surface area contributed by atoms with Crippen LogP contribution in [-0.2, 0) is 26.9 Å². The Hall–Kier alpha value is -1.31. The lowest BCUT2D eigenvalue weighted by Crippen LogP contribution is -2.49. The molecule has 0 radical (unpaired) electrons. The number of aryl methyl sites for hydroxylation is 1. The molecule has 3 atom stereocenters. The maximum atomic E-state index is 12.9. The zero-order chi connectivity index (χ0) is 18.7. The van der Waals surface area contributed by atoms with Crippen LogP contribution in [0.4, 0.5) is 13.2 Å². The highest BCUT2D eigenvalue weighted by Gasteiger charge is 2.35. The van der Waals surface area contributed by atoms with E-state index < -0.39 is 11.7 Å². The van der Waals surface area contributed by atoms with Gasteiger partial charge in [-0.15, -0.1) is 0 Å². The van der Waals surface area contributed by atoms with Gasteiger partial charge in [0.1, 0.15) is 0 Å². The number of carbonyl (C=O) groups is 1. The van der Waals surface area contributed by atoms with Crippen LogP contribution in [0, 0.1) is 0 Å². The first-order valence-electron chi connectivity index (χ1n) is 8.71. The molecule has 2 fully saturated rings. The average Bonchev–Trinajstić information content (AvgIpc) is 2.60. The lowest BCUT2D eigenvalue weighted by atomic mass is 9.89. The molecule has 1 heterocycles. The summed E-state index contributed by atoms with van der Waals surface area (Å²) in [4.78, 5) is 12.2. The number of halogens is 4. The smallest absolute Gasteiger partial charge is 0.373 e. The quantitative estimate of drug-likeness (QED) is 0.850. The Balaban J connectivity index is 1.50. The van der Waals surface area contributed by atoms with Crippen molar-refractivity contribution in [2.75, 3.05) is 13.2 Å². The third-order valence-corrected chi connectivity index (χ3v) is 5.15. The van der Waals surface area contributed by atoms with Crippen molar-refractivity contribution in [3.05, 3.63) is 34.3 Å². The van der Waals surface area contributed by atoms with E-state index in [0.717, 1.165) is 18.9 Å². The molecule has 1 aliphatic heterocycles. The number of benzene rings is 1. The largest absolute Gasteiger partial charge is 0.417 e. The van der Waals surface area contributed by atoms with Crippen LogP contribution in [0.1, 0.15) is 36.8 Å². The lowest BCUT2D eigenvalue weighted by molar-refractivity contribution is -0.158. The molecule has 1 N–H and O–H groups in total. The molecule has 1 amide bonds. The van der Waals surface area contributed by atoms with Crippen LogP contribution in [0.3, 0.4) is 0 Å². The van der Waals surface area contributed by atoms with Gasteiger partial charge in [0.05, 0.1) is 36.0 Å². The van der Waals surface area contributed by atoms with Gasteiger partial charge >= 0.3 is 6.18 Å². The van der Waals surface area contributed by atoms with Crippen LogP contribution in [-0.4, -0.2) is 37.4 Å². The van der Waals surface area contributed by atoms with Crippen molar-refractivity contribution in [1.82, 2.24) is 5.32 Å². The summed E-state index contributed by atoms with van der Waals surface area (Å²) in [5.41, 5.74) is -0.436. The predicted molar refractivity (Wildman–Crippen MR) is 90.0 cm³/mol. The normalized spacial score (nSPS) is 26.2. The Morgan fingerprint density at radius 3 is 2.65 bits per heavy atom. The van der Waals surface area contributed by atoms with Crippen LogP contribution in [0.5, 0.6) is 0 Å². The van der Waals surface area contributed by atoms with E-state index in [9.17, 15) is 18.0 Å². The Morgan fingerprint density at radius 1 is 1.19 bits per heavy atom. The number of ether oxygens (including phenoxy) is 2. The predicted octanol–water partition coefficient (Wildman–Crippen LogP) is 3.74. The monoisotopic (exact) mass is 391 g/mol. The second-order valence-electron chi connectivity index (χ2n) is 6.71. The van der Waals surface area contributed by atoms with E-state index in [2.05, 4.69) is 5.32 Å². The van der Waals surface area contributed by atoms with Crippen molar-refractivity contribution in [3.8, 4) is 0 Å². The van der Waals surface area contributed by atoms with E-state index >= 15 is 0 Å². The van der Waals surface area contributed by atoms with E-state index in [1.54, 1.807) is 0 Å². The van der Waals surface area contributed by atoms with Crippen molar-refractivity contribution in [2.24, 2.45) is 0 Å². The van der Waals surface area contributed by atoms with Crippen LogP contribution in [0.15, 0.2) is 18.2 Å². The van der Waals surface area contributed by atoms with E-state index in [1.165, 1.54) is 12.1 Å². The van der Waals surface area contributed by atoms with Crippen LogP contribution in [0.25, 0.3) is 0 Å². The van der Waals surface area contributed by atoms with Crippen molar-refractivity contribution in [3.63, 3.8) is 0 Å². The zero-order valence-electron chi connectivity index (χ0n) is 14.2. The molecule has 2 aliphatic rings. The number of hydrogen-bond donors (Lipinski definition) is 1. The number of rotatable bonds is 4. The highest BCUT2D eigenvalue weighted by molar-refractivity contribution is 6.31. The van der Waals surface area contributed by atoms with Gasteiger partial charge in [-0.1, -0.05) is 17.7 Å². The second kappa shape index (κ2) is 8.15. The van der Waals surface area contributed by atoms with Gasteiger partial charge in [0.15, 0.2) is 0 Å². The van der Waals surface area contributed by atoms with Gasteiger partial charge < -0.3 is 14.8 Å². The molecule has 0 aromatic heterocycles. The van der Waals surface area contributed by atoms with Gasteiger partial charge in [0.2, 0.25) is 5.91 Å². The van der Waals surface area contributed by atoms with Crippen LogP contribution in [0.2, 0.25) is 5.02 Å². The fourth-order valence-corrected chi connectivity index (χ4v) is 3.73. The Labute approximate surface area is 155 Å². The van der Waals surface area contributed by atoms with E-state index in [-0.39, 0.29) is 42.0 Å². The molecule has 3 rings (SSSR count). The highest BCUT2D eigenvalue weighted by Crippen LogP contribution is 2.35. The zero-order valence-corrected chi connectivity index (χ0v) is 14.9. The number of amides is 1. The Morgan fingerprint density at radius 2 is 1.92 bits per heavy atom. The topological polar surface area (TPSA) is 47.6 Å². The first-order valence-corrected chi connectivity index (χ1v) is 9.09. The molecule has 1 aromatic carbocycles. The number of hydrogen-bond acceptors (Lipinski definition) is 3. The minimum absolute atomic E-state index is 0.00779. The van der Waals surface area contributed by atoms with E-state index in [4.69, 9.17) is 21.1 Å². The Kier molecular flexibility index (Phi) is 6.10. The molecule has 1 saturated heterocycles. The molecule has 0 spiro atoms. The number of carbonyl (C=O) groups excluding carboxylic acids is 1. The molecule has 0 unspecified atom stereocenters. The van der Waals surface area contributed by atoms with Gasteiger partial charge in [0, 0.05) is 12.5 Å². The highest BCUT2D eigenvalue weighted by atomic mass is 35.5. The summed E-state index contributed by atoms with van der Waals surface area (Å²) >= 11 is 5.61. The molecular formula is C18H21ClF3NO3. The number of alkyl halides is 3. The summed E-state index contributed by atoms with van der Waals surface area (Å²) in [5, 5.41) is 2.62. The van der Waals surface area contributed by atoms with Crippen molar-refractivity contribution in [2.45, 2.75) is 56.5 Å². The van der Waals surface area contributed by atoms with Gasteiger partial charge in [-0.3, -0.25) is 4.79 Å². The SMILES string of the molecule is O=C(CCc1ccc(Cl)c(C(F)(F)F)c1)N[C@@H]1CC[C@H]2OCCO[C@@H]2C1. The minimum atomic E-state index is -4.50. The first kappa shape index (κ1) is 19.5. The number of nitrogens with one attached hydrogen (secondary N) is 1. The summed E-state index contributed by atoms with van der Waals surface area (Å²) in [6, 6.07) is 3.76. The average molecular weight is 392 g/mol. The molecule has 1 aromatic rings. The van der Waals surface area contributed by atoms with Crippen LogP contribution >= 0.6 is 11.6 Å². The van der Waals surface area contributed by atoms with Crippen molar-refractivity contribution in [1.29, 1.82) is 0 Å². The van der Waals surface area contributed by atoms with Gasteiger partial charge in [-0.25, -0.2) is 0 Å². The second-order valence-corrected chi connectivity index (χ2v) is 7.12. The summed E-state index contributed by atoms with van der Waals surface area (Å²) in [5.74, 6) is -0.173. The van der Waals surface area contributed by atoms with E-state index in [1.807, 2.05) is 0 Å². The molecule has 1 aliphatic carbocycles. The van der Waals surface area contributed by atoms with Gasteiger partial charge in [0.25, 0.3) is 0 Å². The maximum absolute atomic E-state index is 12.9. The molecule has 144 valence electrons. The Bertz CT molecular complexity index is 653. The molecule has 1 saturated carbocycles. The fraction of sp³-hybridized carbons (Fsp3) is 0.611. The molecular weight excluding hydrogens is 371 g/mol. The summed E-state index contributed by atoms with van der Waals surface area (Å²) in [6.07, 6.45) is -1.69. The van der Waals surface area contributed by atoms with Gasteiger partial charge in [-0.2, -0.15) is 13.2 Å². The fourth-order valence-electron chi connectivity index (χ4n) is 3.50. The van der Waals surface area contributed by atoms with Crippen LogP contribution < -0.4 is 5.32 Å². The maximum Gasteiger partial charge on any atom is 0.417 e. The lowest BCUT2D eigenvalue weighted by Gasteiger charge is -2.39. The number of fused-ring (bicyclic) bond motifs is 1. The van der Waals surface area contributed by atoms with Crippen molar-refractivity contribution < 1.29 is 27.4 Å². The molecule has 0 bridgehead atoms. The van der Waals surface area contributed by atoms with Gasteiger partial charge in [-0.05, 0) is 43.4 Å². The minimum Gasteiger partial charge on any atom is -0.373 e.